The van der Waals surface area contributed by atoms with Crippen molar-refractivity contribution in [1.29, 1.82) is 0 Å². The third-order valence-corrected chi connectivity index (χ3v) is 2.70. The van der Waals surface area contributed by atoms with Gasteiger partial charge in [0.1, 0.15) is 0 Å². The maximum Gasteiger partial charge on any atom is 0.274 e. The van der Waals surface area contributed by atoms with Crippen molar-refractivity contribution in [3.8, 4) is 11.1 Å². The Morgan fingerprint density at radius 3 is 2.29 bits per heavy atom. The Morgan fingerprint density at radius 2 is 1.71 bits per heavy atom. The monoisotopic (exact) mass is 227 g/mol. The van der Waals surface area contributed by atoms with Crippen molar-refractivity contribution < 1.29 is 10.0 Å². The second-order valence-corrected chi connectivity index (χ2v) is 3.83. The fourth-order valence-corrected chi connectivity index (χ4v) is 1.76. The predicted molar refractivity (Wildman–Crippen MR) is 65.9 cm³/mol. The molecule has 0 saturated carbocycles. The van der Waals surface area contributed by atoms with E-state index in [-0.39, 0.29) is 0 Å². The van der Waals surface area contributed by atoms with Crippen molar-refractivity contribution in [2.75, 3.05) is 0 Å². The van der Waals surface area contributed by atoms with Crippen LogP contribution in [0.4, 0.5) is 0 Å². The summed E-state index contributed by atoms with van der Waals surface area (Å²) < 4.78 is 0. The van der Waals surface area contributed by atoms with Crippen molar-refractivity contribution in [3.05, 3.63) is 59.7 Å². The van der Waals surface area contributed by atoms with Crippen molar-refractivity contribution in [2.45, 2.75) is 6.92 Å². The van der Waals surface area contributed by atoms with Gasteiger partial charge in [-0.2, -0.15) is 0 Å². The van der Waals surface area contributed by atoms with E-state index in [2.05, 4.69) is 0 Å². The van der Waals surface area contributed by atoms with Gasteiger partial charge >= 0.3 is 0 Å². The molecule has 3 heteroatoms. The van der Waals surface area contributed by atoms with Gasteiger partial charge in [-0.3, -0.25) is 10.0 Å². The normalized spacial score (nSPS) is 10.0. The number of aryl methyl sites for hydroxylation is 1. The van der Waals surface area contributed by atoms with Gasteiger partial charge in [-0.25, -0.2) is 5.48 Å². The van der Waals surface area contributed by atoms with Crippen LogP contribution in [0.3, 0.4) is 0 Å². The minimum atomic E-state index is -0.499. The lowest BCUT2D eigenvalue weighted by Crippen LogP contribution is -2.18. The zero-order valence-corrected chi connectivity index (χ0v) is 9.47. The fourth-order valence-electron chi connectivity index (χ4n) is 1.76. The van der Waals surface area contributed by atoms with Gasteiger partial charge in [-0.1, -0.05) is 36.4 Å². The number of amides is 1. The molecule has 0 aromatic heterocycles. The first-order valence-electron chi connectivity index (χ1n) is 5.33. The standard InChI is InChI=1S/C14H13NO2/c1-10-4-2-3-5-13(10)11-6-8-12(9-7-11)14(16)15-17/h2-9,17H,1H3,(H,15,16). The van der Waals surface area contributed by atoms with Gasteiger partial charge in [0.25, 0.3) is 5.91 Å². The van der Waals surface area contributed by atoms with Crippen LogP contribution in [0.1, 0.15) is 15.9 Å². The molecule has 86 valence electrons. The van der Waals surface area contributed by atoms with Crippen LogP contribution >= 0.6 is 0 Å². The van der Waals surface area contributed by atoms with Gasteiger partial charge in [0.05, 0.1) is 0 Å². The Balaban J connectivity index is 2.36. The molecule has 2 N–H and O–H groups in total. The molecule has 0 bridgehead atoms. The van der Waals surface area contributed by atoms with Crippen LogP contribution in [-0.2, 0) is 0 Å². The summed E-state index contributed by atoms with van der Waals surface area (Å²) in [6, 6.07) is 15.2. The number of carbonyl (C=O) groups is 1. The molecule has 2 aromatic carbocycles. The number of hydrogen-bond acceptors (Lipinski definition) is 2. The van der Waals surface area contributed by atoms with E-state index in [1.807, 2.05) is 43.3 Å². The van der Waals surface area contributed by atoms with E-state index in [4.69, 9.17) is 5.21 Å². The molecule has 0 fully saturated rings. The topological polar surface area (TPSA) is 49.3 Å². The molecule has 0 saturated heterocycles. The number of hydrogen-bond donors (Lipinski definition) is 2. The molecule has 0 radical (unpaired) electrons. The smallest absolute Gasteiger partial charge is 0.274 e. The summed E-state index contributed by atoms with van der Waals surface area (Å²) in [5.74, 6) is -0.499. The van der Waals surface area contributed by atoms with Gasteiger partial charge in [-0.05, 0) is 35.7 Å². The summed E-state index contributed by atoms with van der Waals surface area (Å²) >= 11 is 0. The van der Waals surface area contributed by atoms with E-state index in [0.717, 1.165) is 11.1 Å². The van der Waals surface area contributed by atoms with Crippen molar-refractivity contribution in [1.82, 2.24) is 5.48 Å². The Kier molecular flexibility index (Phi) is 3.21. The Bertz CT molecular complexity index is 532. The molecule has 0 aliphatic heterocycles. The average molecular weight is 227 g/mol. The lowest BCUT2D eigenvalue weighted by atomic mass is 9.99. The summed E-state index contributed by atoms with van der Waals surface area (Å²) in [7, 11) is 0. The highest BCUT2D eigenvalue weighted by molar-refractivity contribution is 5.93. The molecule has 0 heterocycles. The summed E-state index contributed by atoms with van der Waals surface area (Å²) in [6.07, 6.45) is 0. The van der Waals surface area contributed by atoms with Gasteiger partial charge in [0.15, 0.2) is 0 Å². The summed E-state index contributed by atoms with van der Waals surface area (Å²) in [6.45, 7) is 2.05. The molecule has 0 atom stereocenters. The van der Waals surface area contributed by atoms with E-state index < -0.39 is 5.91 Å². The molecular formula is C14H13NO2. The highest BCUT2D eigenvalue weighted by Crippen LogP contribution is 2.23. The maximum absolute atomic E-state index is 11.2. The van der Waals surface area contributed by atoms with Gasteiger partial charge in [0.2, 0.25) is 0 Å². The third kappa shape index (κ3) is 2.34. The van der Waals surface area contributed by atoms with Crippen LogP contribution in [0.25, 0.3) is 11.1 Å². The van der Waals surface area contributed by atoms with Crippen LogP contribution in [0, 0.1) is 6.92 Å². The number of carbonyl (C=O) groups excluding carboxylic acids is 1. The van der Waals surface area contributed by atoms with E-state index in [1.165, 1.54) is 5.56 Å². The minimum absolute atomic E-state index is 0.435. The highest BCUT2D eigenvalue weighted by atomic mass is 16.5. The number of hydroxylamine groups is 1. The number of benzene rings is 2. The van der Waals surface area contributed by atoms with Gasteiger partial charge in [-0.15, -0.1) is 0 Å². The number of rotatable bonds is 2. The van der Waals surface area contributed by atoms with Gasteiger partial charge < -0.3 is 0 Å². The molecule has 3 nitrogen and oxygen atoms in total. The van der Waals surface area contributed by atoms with Gasteiger partial charge in [0, 0.05) is 5.56 Å². The molecule has 0 spiro atoms. The van der Waals surface area contributed by atoms with Crippen LogP contribution in [0.2, 0.25) is 0 Å². The molecular weight excluding hydrogens is 214 g/mol. The minimum Gasteiger partial charge on any atom is -0.288 e. The molecule has 17 heavy (non-hydrogen) atoms. The van der Waals surface area contributed by atoms with Crippen LogP contribution in [0.15, 0.2) is 48.5 Å². The summed E-state index contributed by atoms with van der Waals surface area (Å²) in [5.41, 5.74) is 5.43. The lowest BCUT2D eigenvalue weighted by molar-refractivity contribution is 0.0706. The molecule has 0 aliphatic carbocycles. The van der Waals surface area contributed by atoms with Crippen molar-refractivity contribution in [3.63, 3.8) is 0 Å². The highest BCUT2D eigenvalue weighted by Gasteiger charge is 2.05. The first-order chi connectivity index (χ1) is 8.22. The fraction of sp³-hybridized carbons (Fsp3) is 0.0714. The Hall–Kier alpha value is -2.13. The first-order valence-corrected chi connectivity index (χ1v) is 5.33. The molecule has 2 aromatic rings. The van der Waals surface area contributed by atoms with Crippen LogP contribution < -0.4 is 5.48 Å². The van der Waals surface area contributed by atoms with E-state index in [9.17, 15) is 4.79 Å². The molecule has 2 rings (SSSR count). The van der Waals surface area contributed by atoms with Crippen molar-refractivity contribution in [2.24, 2.45) is 0 Å². The maximum atomic E-state index is 11.2. The van der Waals surface area contributed by atoms with E-state index in [1.54, 1.807) is 17.6 Å². The summed E-state index contributed by atoms with van der Waals surface area (Å²) in [4.78, 5) is 11.2. The molecule has 1 amide bonds. The zero-order valence-electron chi connectivity index (χ0n) is 9.47. The lowest BCUT2D eigenvalue weighted by Gasteiger charge is -2.06. The predicted octanol–water partition coefficient (Wildman–Crippen LogP) is 2.78. The quantitative estimate of drug-likeness (QED) is 0.612. The Morgan fingerprint density at radius 1 is 1.06 bits per heavy atom. The van der Waals surface area contributed by atoms with Crippen LogP contribution in [0.5, 0.6) is 0 Å². The zero-order chi connectivity index (χ0) is 12.3. The second kappa shape index (κ2) is 4.80. The van der Waals surface area contributed by atoms with Crippen molar-refractivity contribution >= 4 is 5.91 Å². The van der Waals surface area contributed by atoms with E-state index in [0.29, 0.717) is 5.56 Å². The third-order valence-electron chi connectivity index (χ3n) is 2.70. The van der Waals surface area contributed by atoms with E-state index >= 15 is 0 Å². The average Bonchev–Trinajstić information content (AvgIpc) is 2.39. The molecule has 0 unspecified atom stereocenters. The Labute approximate surface area is 99.7 Å². The molecule has 0 aliphatic rings. The second-order valence-electron chi connectivity index (χ2n) is 3.83. The SMILES string of the molecule is Cc1ccccc1-c1ccc(C(=O)NO)cc1. The number of nitrogens with one attached hydrogen (secondary N) is 1. The summed E-state index contributed by atoms with van der Waals surface area (Å²) in [5, 5.41) is 8.52. The first kappa shape index (κ1) is 11.4. The van der Waals surface area contributed by atoms with Crippen LogP contribution in [-0.4, -0.2) is 11.1 Å². The largest absolute Gasteiger partial charge is 0.288 e.